The maximum absolute atomic E-state index is 11.7. The monoisotopic (exact) mass is 246 g/mol. The van der Waals surface area contributed by atoms with Crippen LogP contribution in [-0.4, -0.2) is 42.3 Å². The fourth-order valence-corrected chi connectivity index (χ4v) is 1.49. The van der Waals surface area contributed by atoms with Gasteiger partial charge in [0.05, 0.1) is 6.04 Å². The first-order valence-electron chi connectivity index (χ1n) is 5.73. The maximum atomic E-state index is 11.7. The highest BCUT2D eigenvalue weighted by Crippen LogP contribution is 2.15. The summed E-state index contributed by atoms with van der Waals surface area (Å²) in [6.45, 7) is 3.81. The van der Waals surface area contributed by atoms with Gasteiger partial charge >= 0.3 is 5.97 Å². The molecule has 0 aromatic heterocycles. The summed E-state index contributed by atoms with van der Waals surface area (Å²) in [5.41, 5.74) is 4.41. The molecule has 4 N–H and O–H groups in total. The van der Waals surface area contributed by atoms with Crippen molar-refractivity contribution in [1.29, 1.82) is 0 Å². The SMILES string of the molecule is CCC(CC)(NC(=O)C(N)CCOC)C(=O)O. The second-order valence-electron chi connectivity index (χ2n) is 3.97. The van der Waals surface area contributed by atoms with E-state index in [1.165, 1.54) is 7.11 Å². The van der Waals surface area contributed by atoms with Crippen LogP contribution in [0.25, 0.3) is 0 Å². The van der Waals surface area contributed by atoms with E-state index >= 15 is 0 Å². The van der Waals surface area contributed by atoms with Gasteiger partial charge in [-0.25, -0.2) is 4.79 Å². The summed E-state index contributed by atoms with van der Waals surface area (Å²) in [4.78, 5) is 22.9. The molecule has 1 amide bonds. The first-order valence-corrected chi connectivity index (χ1v) is 5.73. The quantitative estimate of drug-likeness (QED) is 0.564. The predicted octanol–water partition coefficient (Wildman–Crippen LogP) is 0.110. The molecule has 0 fully saturated rings. The molecule has 6 heteroatoms. The van der Waals surface area contributed by atoms with E-state index in [0.717, 1.165) is 0 Å². The summed E-state index contributed by atoms with van der Waals surface area (Å²) in [6.07, 6.45) is 1.01. The first-order chi connectivity index (χ1) is 7.93. The van der Waals surface area contributed by atoms with E-state index in [1.54, 1.807) is 13.8 Å². The zero-order chi connectivity index (χ0) is 13.5. The lowest BCUT2D eigenvalue weighted by molar-refractivity contribution is -0.148. The molecular formula is C11H22N2O4. The fraction of sp³-hybridized carbons (Fsp3) is 0.818. The van der Waals surface area contributed by atoms with Gasteiger partial charge in [0, 0.05) is 13.7 Å². The van der Waals surface area contributed by atoms with Crippen LogP contribution >= 0.6 is 0 Å². The molecule has 6 nitrogen and oxygen atoms in total. The van der Waals surface area contributed by atoms with Crippen molar-refractivity contribution in [3.05, 3.63) is 0 Å². The van der Waals surface area contributed by atoms with Crippen molar-refractivity contribution in [3.8, 4) is 0 Å². The number of hydrogen-bond acceptors (Lipinski definition) is 4. The van der Waals surface area contributed by atoms with Crippen molar-refractivity contribution >= 4 is 11.9 Å². The normalized spacial score (nSPS) is 13.2. The van der Waals surface area contributed by atoms with Crippen molar-refractivity contribution in [3.63, 3.8) is 0 Å². The molecule has 100 valence electrons. The Labute approximate surface area is 102 Å². The number of carboxylic acid groups (broad SMARTS) is 1. The molecule has 0 aliphatic carbocycles. The molecule has 17 heavy (non-hydrogen) atoms. The summed E-state index contributed by atoms with van der Waals surface area (Å²) in [5, 5.41) is 11.7. The van der Waals surface area contributed by atoms with E-state index in [9.17, 15) is 9.59 Å². The zero-order valence-corrected chi connectivity index (χ0v) is 10.7. The topological polar surface area (TPSA) is 102 Å². The van der Waals surface area contributed by atoms with E-state index in [-0.39, 0.29) is 0 Å². The Hall–Kier alpha value is -1.14. The summed E-state index contributed by atoms with van der Waals surface area (Å²) in [7, 11) is 1.52. The smallest absolute Gasteiger partial charge is 0.329 e. The second-order valence-corrected chi connectivity index (χ2v) is 3.97. The van der Waals surface area contributed by atoms with Crippen LogP contribution in [0.15, 0.2) is 0 Å². The van der Waals surface area contributed by atoms with Crippen LogP contribution in [-0.2, 0) is 14.3 Å². The lowest BCUT2D eigenvalue weighted by Gasteiger charge is -2.29. The number of ether oxygens (including phenoxy) is 1. The number of nitrogens with two attached hydrogens (primary N) is 1. The van der Waals surface area contributed by atoms with Crippen molar-refractivity contribution in [2.24, 2.45) is 5.73 Å². The van der Waals surface area contributed by atoms with Gasteiger partial charge in [-0.2, -0.15) is 0 Å². The summed E-state index contributed by atoms with van der Waals surface area (Å²) in [6, 6.07) is -0.744. The number of amides is 1. The largest absolute Gasteiger partial charge is 0.480 e. The Bertz CT molecular complexity index is 264. The van der Waals surface area contributed by atoms with Crippen molar-refractivity contribution in [1.82, 2.24) is 5.32 Å². The molecule has 0 aromatic rings. The van der Waals surface area contributed by atoms with Crippen molar-refractivity contribution in [2.45, 2.75) is 44.7 Å². The highest BCUT2D eigenvalue weighted by molar-refractivity contribution is 5.89. The van der Waals surface area contributed by atoms with Crippen LogP contribution in [0.5, 0.6) is 0 Å². The lowest BCUT2D eigenvalue weighted by Crippen LogP contribution is -2.57. The van der Waals surface area contributed by atoms with Gasteiger partial charge in [0.2, 0.25) is 5.91 Å². The van der Waals surface area contributed by atoms with E-state index in [4.69, 9.17) is 15.6 Å². The van der Waals surface area contributed by atoms with Gasteiger partial charge in [-0.15, -0.1) is 0 Å². The van der Waals surface area contributed by atoms with E-state index in [1.807, 2.05) is 0 Å². The number of methoxy groups -OCH3 is 1. The molecule has 1 unspecified atom stereocenters. The van der Waals surface area contributed by atoms with Gasteiger partial charge in [0.25, 0.3) is 0 Å². The molecule has 0 aliphatic rings. The Kier molecular flexibility index (Phi) is 6.75. The third kappa shape index (κ3) is 4.32. The van der Waals surface area contributed by atoms with Gasteiger partial charge in [-0.1, -0.05) is 13.8 Å². The van der Waals surface area contributed by atoms with Gasteiger partial charge < -0.3 is 20.9 Å². The van der Waals surface area contributed by atoms with Crippen LogP contribution in [0.2, 0.25) is 0 Å². The molecule has 0 aromatic carbocycles. The van der Waals surface area contributed by atoms with Crippen molar-refractivity contribution < 1.29 is 19.4 Å². The van der Waals surface area contributed by atoms with E-state index in [2.05, 4.69) is 5.32 Å². The third-order valence-electron chi connectivity index (χ3n) is 2.95. The Balaban J connectivity index is 4.56. The molecule has 0 radical (unpaired) electrons. The first kappa shape index (κ1) is 15.9. The van der Waals surface area contributed by atoms with E-state index < -0.39 is 23.5 Å². The fourth-order valence-electron chi connectivity index (χ4n) is 1.49. The van der Waals surface area contributed by atoms with Crippen LogP contribution in [0.1, 0.15) is 33.1 Å². The Morgan fingerprint density at radius 3 is 2.29 bits per heavy atom. The van der Waals surface area contributed by atoms with Gasteiger partial charge in [-0.3, -0.25) is 4.79 Å². The highest BCUT2D eigenvalue weighted by atomic mass is 16.5. The Morgan fingerprint density at radius 2 is 1.94 bits per heavy atom. The van der Waals surface area contributed by atoms with Crippen molar-refractivity contribution in [2.75, 3.05) is 13.7 Å². The average molecular weight is 246 g/mol. The summed E-state index contributed by atoms with van der Waals surface area (Å²) < 4.78 is 4.82. The minimum absolute atomic E-state index is 0.321. The molecular weight excluding hydrogens is 224 g/mol. The third-order valence-corrected chi connectivity index (χ3v) is 2.95. The zero-order valence-electron chi connectivity index (χ0n) is 10.7. The van der Waals surface area contributed by atoms with Gasteiger partial charge in [0.15, 0.2) is 0 Å². The number of aliphatic carboxylic acids is 1. The minimum atomic E-state index is -1.22. The van der Waals surface area contributed by atoms with Crippen LogP contribution in [0, 0.1) is 0 Å². The van der Waals surface area contributed by atoms with Gasteiger partial charge in [-0.05, 0) is 19.3 Å². The molecule has 0 saturated carbocycles. The molecule has 0 spiro atoms. The average Bonchev–Trinajstić information content (AvgIpc) is 2.32. The van der Waals surface area contributed by atoms with E-state index in [0.29, 0.717) is 25.9 Å². The second kappa shape index (κ2) is 7.24. The van der Waals surface area contributed by atoms with Crippen LogP contribution < -0.4 is 11.1 Å². The lowest BCUT2D eigenvalue weighted by atomic mass is 9.92. The maximum Gasteiger partial charge on any atom is 0.329 e. The standard InChI is InChI=1S/C11H22N2O4/c1-4-11(5-2,10(15)16)13-9(14)8(12)6-7-17-3/h8H,4-7,12H2,1-3H3,(H,13,14)(H,15,16). The molecule has 0 bridgehead atoms. The molecule has 0 aliphatic heterocycles. The number of carbonyl (C=O) groups is 2. The molecule has 0 rings (SSSR count). The molecule has 1 atom stereocenters. The Morgan fingerprint density at radius 1 is 1.41 bits per heavy atom. The van der Waals surface area contributed by atoms with Crippen LogP contribution in [0.4, 0.5) is 0 Å². The minimum Gasteiger partial charge on any atom is -0.480 e. The molecule has 0 heterocycles. The number of carbonyl (C=O) groups excluding carboxylic acids is 1. The number of nitrogens with one attached hydrogen (secondary N) is 1. The number of rotatable bonds is 8. The number of hydrogen-bond donors (Lipinski definition) is 3. The van der Waals surface area contributed by atoms with Gasteiger partial charge in [0.1, 0.15) is 5.54 Å². The highest BCUT2D eigenvalue weighted by Gasteiger charge is 2.37. The summed E-state index contributed by atoms with van der Waals surface area (Å²) >= 11 is 0. The molecule has 0 saturated heterocycles. The van der Waals surface area contributed by atoms with Crippen LogP contribution in [0.3, 0.4) is 0 Å². The summed E-state index contributed by atoms with van der Waals surface area (Å²) in [5.74, 6) is -1.48. The number of carboxylic acids is 1. The predicted molar refractivity (Wildman–Crippen MR) is 63.6 cm³/mol.